The second-order valence-corrected chi connectivity index (χ2v) is 6.77. The molecule has 114 valence electrons. The summed E-state index contributed by atoms with van der Waals surface area (Å²) < 4.78 is 32.5. The monoisotopic (exact) mass is 310 g/mol. The predicted octanol–water partition coefficient (Wildman–Crippen LogP) is 1.53. The zero-order valence-corrected chi connectivity index (χ0v) is 13.0. The fourth-order valence-electron chi connectivity index (χ4n) is 1.69. The van der Waals surface area contributed by atoms with Gasteiger partial charge in [-0.1, -0.05) is 0 Å². The van der Waals surface area contributed by atoms with E-state index in [4.69, 9.17) is 10.5 Å². The topological polar surface area (TPSA) is 90.5 Å². The third-order valence-electron chi connectivity index (χ3n) is 2.92. The fraction of sp³-hybridized carbons (Fsp3) is 0.308. The molecule has 0 atom stereocenters. The van der Waals surface area contributed by atoms with E-state index in [0.717, 1.165) is 10.8 Å². The number of hydrogen-bond acceptors (Lipinski definition) is 5. The number of ether oxygens (including phenoxy) is 1. The Hall–Kier alpha value is -2.06. The lowest BCUT2D eigenvalue weighted by atomic mass is 10.3. The van der Waals surface area contributed by atoms with E-state index in [-0.39, 0.29) is 10.6 Å². The van der Waals surface area contributed by atoms with Crippen LogP contribution in [0.25, 0.3) is 0 Å². The van der Waals surface area contributed by atoms with Gasteiger partial charge in [-0.15, -0.1) is 0 Å². The number of benzene rings is 1. The molecule has 0 aliphatic heterocycles. The van der Waals surface area contributed by atoms with Gasteiger partial charge >= 0.3 is 0 Å². The van der Waals surface area contributed by atoms with E-state index in [1.165, 1.54) is 32.3 Å². The average Bonchev–Trinajstić information content (AvgIpc) is 2.88. The van der Waals surface area contributed by atoms with Crippen molar-refractivity contribution >= 4 is 15.7 Å². The first-order valence-electron chi connectivity index (χ1n) is 6.37. The van der Waals surface area contributed by atoms with Crippen molar-refractivity contribution in [2.24, 2.45) is 0 Å². The molecule has 0 fully saturated rings. The second-order valence-electron chi connectivity index (χ2n) is 4.62. The number of hydrogen-bond donors (Lipinski definition) is 1. The SMILES string of the molecule is CCn1cc(Oc2ccc(S(=O)(=O)N(C)C)cc2N)cn1. The number of aryl methyl sites for hydroxylation is 1. The molecule has 0 aliphatic carbocycles. The number of rotatable bonds is 5. The third-order valence-corrected chi connectivity index (χ3v) is 4.73. The Morgan fingerprint density at radius 3 is 2.62 bits per heavy atom. The maximum absolute atomic E-state index is 12.0. The van der Waals surface area contributed by atoms with Gasteiger partial charge in [0.25, 0.3) is 0 Å². The normalized spacial score (nSPS) is 11.8. The van der Waals surface area contributed by atoms with Crippen LogP contribution >= 0.6 is 0 Å². The lowest BCUT2D eigenvalue weighted by molar-refractivity contribution is 0.482. The maximum Gasteiger partial charge on any atom is 0.242 e. The Morgan fingerprint density at radius 1 is 1.38 bits per heavy atom. The van der Waals surface area contributed by atoms with Crippen molar-refractivity contribution in [1.82, 2.24) is 14.1 Å². The van der Waals surface area contributed by atoms with Crippen molar-refractivity contribution < 1.29 is 13.2 Å². The summed E-state index contributed by atoms with van der Waals surface area (Å²) in [7, 11) is -0.573. The number of nitrogen functional groups attached to an aromatic ring is 1. The summed E-state index contributed by atoms with van der Waals surface area (Å²) in [6.07, 6.45) is 3.32. The van der Waals surface area contributed by atoms with Crippen molar-refractivity contribution in [1.29, 1.82) is 0 Å². The summed E-state index contributed by atoms with van der Waals surface area (Å²) in [5, 5.41) is 4.09. The Bertz CT molecular complexity index is 738. The number of nitrogens with two attached hydrogens (primary N) is 1. The molecule has 0 saturated carbocycles. The van der Waals surface area contributed by atoms with Crippen LogP contribution in [0.15, 0.2) is 35.5 Å². The first-order valence-corrected chi connectivity index (χ1v) is 7.81. The van der Waals surface area contributed by atoms with Gasteiger partial charge < -0.3 is 10.5 Å². The zero-order valence-electron chi connectivity index (χ0n) is 12.1. The van der Waals surface area contributed by atoms with Gasteiger partial charge in [-0.05, 0) is 25.1 Å². The van der Waals surface area contributed by atoms with Gasteiger partial charge in [0, 0.05) is 20.6 Å². The highest BCUT2D eigenvalue weighted by Crippen LogP contribution is 2.29. The number of anilines is 1. The quantitative estimate of drug-likeness (QED) is 0.846. The van der Waals surface area contributed by atoms with E-state index in [1.807, 2.05) is 6.92 Å². The van der Waals surface area contributed by atoms with Gasteiger partial charge in [0.05, 0.1) is 23.0 Å². The number of aromatic nitrogens is 2. The second kappa shape index (κ2) is 5.74. The van der Waals surface area contributed by atoms with Gasteiger partial charge in [0.2, 0.25) is 10.0 Å². The minimum absolute atomic E-state index is 0.126. The summed E-state index contributed by atoms with van der Waals surface area (Å²) in [6.45, 7) is 2.70. The van der Waals surface area contributed by atoms with Crippen LogP contribution in [-0.2, 0) is 16.6 Å². The van der Waals surface area contributed by atoms with E-state index in [2.05, 4.69) is 5.10 Å². The van der Waals surface area contributed by atoms with Gasteiger partial charge in [-0.25, -0.2) is 12.7 Å². The summed E-state index contributed by atoms with van der Waals surface area (Å²) in [5.41, 5.74) is 6.12. The van der Waals surface area contributed by atoms with E-state index in [1.54, 1.807) is 17.1 Å². The van der Waals surface area contributed by atoms with Gasteiger partial charge in [-0.2, -0.15) is 5.10 Å². The number of nitrogens with zero attached hydrogens (tertiary/aromatic N) is 3. The molecular formula is C13H18N4O3S. The van der Waals surface area contributed by atoms with Gasteiger partial charge in [0.15, 0.2) is 11.5 Å². The van der Waals surface area contributed by atoms with Crippen LogP contribution in [0.3, 0.4) is 0 Å². The molecule has 2 rings (SSSR count). The minimum atomic E-state index is -3.51. The van der Waals surface area contributed by atoms with Crippen molar-refractivity contribution in [3.8, 4) is 11.5 Å². The Morgan fingerprint density at radius 2 is 2.10 bits per heavy atom. The van der Waals surface area contributed by atoms with Crippen LogP contribution in [0.5, 0.6) is 11.5 Å². The highest BCUT2D eigenvalue weighted by atomic mass is 32.2. The summed E-state index contributed by atoms with van der Waals surface area (Å²) >= 11 is 0. The van der Waals surface area contributed by atoms with Crippen molar-refractivity contribution in [2.75, 3.05) is 19.8 Å². The molecule has 8 heteroatoms. The van der Waals surface area contributed by atoms with Gasteiger partial charge in [-0.3, -0.25) is 4.68 Å². The maximum atomic E-state index is 12.0. The van der Waals surface area contributed by atoms with Gasteiger partial charge in [0.1, 0.15) is 0 Å². The molecule has 0 amide bonds. The molecule has 7 nitrogen and oxygen atoms in total. The molecule has 2 aromatic rings. The predicted molar refractivity (Wildman–Crippen MR) is 79.7 cm³/mol. The van der Waals surface area contributed by atoms with E-state index >= 15 is 0 Å². The Labute approximate surface area is 124 Å². The van der Waals surface area contributed by atoms with E-state index in [9.17, 15) is 8.42 Å². The number of sulfonamides is 1. The molecule has 0 spiro atoms. The highest BCUT2D eigenvalue weighted by molar-refractivity contribution is 7.89. The average molecular weight is 310 g/mol. The lowest BCUT2D eigenvalue weighted by Gasteiger charge is -2.13. The fourth-order valence-corrected chi connectivity index (χ4v) is 2.63. The highest BCUT2D eigenvalue weighted by Gasteiger charge is 2.18. The lowest BCUT2D eigenvalue weighted by Crippen LogP contribution is -2.22. The van der Waals surface area contributed by atoms with Crippen LogP contribution in [0.4, 0.5) is 5.69 Å². The molecule has 2 N–H and O–H groups in total. The minimum Gasteiger partial charge on any atom is -0.452 e. The molecule has 0 radical (unpaired) electrons. The van der Waals surface area contributed by atoms with E-state index in [0.29, 0.717) is 11.5 Å². The van der Waals surface area contributed by atoms with E-state index < -0.39 is 10.0 Å². The first-order chi connectivity index (χ1) is 9.84. The smallest absolute Gasteiger partial charge is 0.242 e. The van der Waals surface area contributed by atoms with Crippen LogP contribution in [-0.4, -0.2) is 36.6 Å². The molecular weight excluding hydrogens is 292 g/mol. The van der Waals surface area contributed by atoms with Crippen molar-refractivity contribution in [3.05, 3.63) is 30.6 Å². The molecule has 21 heavy (non-hydrogen) atoms. The Kier molecular flexibility index (Phi) is 4.19. The largest absolute Gasteiger partial charge is 0.452 e. The Balaban J connectivity index is 2.28. The zero-order chi connectivity index (χ0) is 15.6. The molecule has 1 aromatic carbocycles. The molecule has 1 aromatic heterocycles. The van der Waals surface area contributed by atoms with Crippen LogP contribution in [0.1, 0.15) is 6.92 Å². The molecule has 0 unspecified atom stereocenters. The summed E-state index contributed by atoms with van der Waals surface area (Å²) in [5.74, 6) is 0.940. The molecule has 0 saturated heterocycles. The molecule has 0 bridgehead atoms. The molecule has 0 aliphatic rings. The molecule has 1 heterocycles. The van der Waals surface area contributed by atoms with Crippen LogP contribution in [0, 0.1) is 0 Å². The standard InChI is InChI=1S/C13H18N4O3S/c1-4-17-9-10(8-15-17)20-13-6-5-11(7-12(13)14)21(18,19)16(2)3/h5-9H,4,14H2,1-3H3. The summed E-state index contributed by atoms with van der Waals surface area (Å²) in [6, 6.07) is 4.38. The van der Waals surface area contributed by atoms with Crippen molar-refractivity contribution in [3.63, 3.8) is 0 Å². The van der Waals surface area contributed by atoms with Crippen LogP contribution in [0.2, 0.25) is 0 Å². The summed E-state index contributed by atoms with van der Waals surface area (Å²) in [4.78, 5) is 0.126. The van der Waals surface area contributed by atoms with Crippen molar-refractivity contribution in [2.45, 2.75) is 18.4 Å². The third kappa shape index (κ3) is 3.17. The van der Waals surface area contributed by atoms with Crippen LogP contribution < -0.4 is 10.5 Å². The first kappa shape index (κ1) is 15.3.